The van der Waals surface area contributed by atoms with Crippen molar-refractivity contribution in [3.8, 4) is 6.07 Å². The Morgan fingerprint density at radius 1 is 1.62 bits per heavy atom. The maximum absolute atomic E-state index is 13.2. The van der Waals surface area contributed by atoms with Crippen molar-refractivity contribution < 1.29 is 9.18 Å². The molecule has 1 aromatic rings. The van der Waals surface area contributed by atoms with Crippen molar-refractivity contribution in [1.29, 1.82) is 5.26 Å². The Bertz CT molecular complexity index is 461. The number of benzene rings is 1. The van der Waals surface area contributed by atoms with Gasteiger partial charge >= 0.3 is 0 Å². The molecule has 16 heavy (non-hydrogen) atoms. The number of nitriles is 1. The normalized spacial score (nSPS) is 10.1. The van der Waals surface area contributed by atoms with Gasteiger partial charge in [0.25, 0.3) is 0 Å². The molecular weight excluding hydrogens is 207 g/mol. The number of halogens is 1. The second-order valence-corrected chi connectivity index (χ2v) is 3.16. The minimum Gasteiger partial charge on any atom is -0.353 e. The molecule has 0 unspecified atom stereocenters. The van der Waals surface area contributed by atoms with Gasteiger partial charge in [-0.1, -0.05) is 24.3 Å². The van der Waals surface area contributed by atoms with Gasteiger partial charge in [0.15, 0.2) is 0 Å². The van der Waals surface area contributed by atoms with Gasteiger partial charge in [-0.05, 0) is 11.6 Å². The maximum Gasteiger partial charge on any atom is 0.217 e. The zero-order valence-electron chi connectivity index (χ0n) is 8.83. The molecular formula is C12H11FN2O. The first-order valence-electron chi connectivity index (χ1n) is 4.74. The molecule has 0 atom stereocenters. The lowest BCUT2D eigenvalue weighted by atomic mass is 10.1. The average Bonchev–Trinajstić information content (AvgIpc) is 2.24. The molecule has 1 amide bonds. The van der Waals surface area contributed by atoms with Crippen molar-refractivity contribution >= 4 is 12.0 Å². The fourth-order valence-electron chi connectivity index (χ4n) is 1.19. The Kier molecular flexibility index (Phi) is 4.22. The molecule has 0 radical (unpaired) electrons. The van der Waals surface area contributed by atoms with E-state index in [1.807, 2.05) is 0 Å². The molecule has 1 rings (SSSR count). The van der Waals surface area contributed by atoms with Gasteiger partial charge in [0, 0.05) is 13.5 Å². The summed E-state index contributed by atoms with van der Waals surface area (Å²) in [7, 11) is 0. The number of nitrogens with one attached hydrogen (secondary N) is 1. The lowest BCUT2D eigenvalue weighted by Crippen LogP contribution is -2.19. The van der Waals surface area contributed by atoms with Gasteiger partial charge in [-0.15, -0.1) is 0 Å². The lowest BCUT2D eigenvalue weighted by molar-refractivity contribution is -0.118. The predicted molar refractivity (Wildman–Crippen MR) is 58.8 cm³/mol. The van der Waals surface area contributed by atoms with Gasteiger partial charge in [0.05, 0.1) is 5.56 Å². The number of carbonyl (C=O) groups excluding carboxylic acids is 1. The van der Waals surface area contributed by atoms with Crippen LogP contribution in [-0.4, -0.2) is 12.5 Å². The summed E-state index contributed by atoms with van der Waals surface area (Å²) in [6, 6.07) is 6.22. The third kappa shape index (κ3) is 3.21. The zero-order chi connectivity index (χ0) is 12.0. The second kappa shape index (κ2) is 5.66. The second-order valence-electron chi connectivity index (χ2n) is 3.16. The van der Waals surface area contributed by atoms with E-state index in [4.69, 9.17) is 5.26 Å². The van der Waals surface area contributed by atoms with Crippen LogP contribution in [0.15, 0.2) is 24.3 Å². The van der Waals surface area contributed by atoms with E-state index in [0.717, 1.165) is 0 Å². The molecule has 0 fully saturated rings. The van der Waals surface area contributed by atoms with Crippen molar-refractivity contribution in [2.75, 3.05) is 6.54 Å². The van der Waals surface area contributed by atoms with Crippen molar-refractivity contribution in [3.05, 3.63) is 41.2 Å². The van der Waals surface area contributed by atoms with Crippen molar-refractivity contribution in [2.24, 2.45) is 0 Å². The Morgan fingerprint density at radius 2 is 2.38 bits per heavy atom. The minimum atomic E-state index is -0.538. The Morgan fingerprint density at radius 3 is 3.00 bits per heavy atom. The number of nitrogens with zero attached hydrogens (tertiary/aromatic N) is 1. The van der Waals surface area contributed by atoms with Gasteiger partial charge in [0.2, 0.25) is 5.91 Å². The van der Waals surface area contributed by atoms with Crippen molar-refractivity contribution in [2.45, 2.75) is 6.92 Å². The number of amides is 1. The SMILES string of the molecule is CC(=O)NCC=Cc1cccc(F)c1C#N. The van der Waals surface area contributed by atoms with E-state index in [9.17, 15) is 9.18 Å². The third-order valence-corrected chi connectivity index (χ3v) is 1.92. The summed E-state index contributed by atoms with van der Waals surface area (Å²) in [5.41, 5.74) is 0.523. The number of hydrogen-bond donors (Lipinski definition) is 1. The minimum absolute atomic E-state index is 0.0153. The van der Waals surface area contributed by atoms with E-state index >= 15 is 0 Å². The third-order valence-electron chi connectivity index (χ3n) is 1.92. The van der Waals surface area contributed by atoms with Crippen LogP contribution in [0.1, 0.15) is 18.1 Å². The summed E-state index contributed by atoms with van der Waals surface area (Å²) in [5, 5.41) is 11.3. The summed E-state index contributed by atoms with van der Waals surface area (Å²) in [5.74, 6) is -0.673. The first kappa shape index (κ1) is 11.9. The largest absolute Gasteiger partial charge is 0.353 e. The summed E-state index contributed by atoms with van der Waals surface area (Å²) in [6.45, 7) is 1.77. The molecule has 0 spiro atoms. The summed E-state index contributed by atoms with van der Waals surface area (Å²) >= 11 is 0. The van der Waals surface area contributed by atoms with Crippen LogP contribution >= 0.6 is 0 Å². The fourth-order valence-corrected chi connectivity index (χ4v) is 1.19. The molecule has 0 heterocycles. The Labute approximate surface area is 93.2 Å². The molecule has 0 aliphatic rings. The van der Waals surface area contributed by atoms with Crippen LogP contribution < -0.4 is 5.32 Å². The van der Waals surface area contributed by atoms with Crippen LogP contribution in [-0.2, 0) is 4.79 Å². The van der Waals surface area contributed by atoms with Gasteiger partial charge in [-0.25, -0.2) is 4.39 Å². The predicted octanol–water partition coefficient (Wildman–Crippen LogP) is 1.85. The lowest BCUT2D eigenvalue weighted by Gasteiger charge is -1.99. The molecule has 3 nitrogen and oxygen atoms in total. The van der Waals surface area contributed by atoms with Crippen LogP contribution in [0.4, 0.5) is 4.39 Å². The molecule has 0 saturated heterocycles. The maximum atomic E-state index is 13.2. The summed E-state index contributed by atoms with van der Waals surface area (Å²) in [6.07, 6.45) is 3.27. The average molecular weight is 218 g/mol. The standard InChI is InChI=1S/C12H11FN2O/c1-9(16)15-7-3-5-10-4-2-6-12(13)11(10)8-14/h2-6H,7H2,1H3,(H,15,16). The molecule has 0 aliphatic carbocycles. The smallest absolute Gasteiger partial charge is 0.217 e. The van der Waals surface area contributed by atoms with Gasteiger partial charge in [0.1, 0.15) is 11.9 Å². The highest BCUT2D eigenvalue weighted by Gasteiger charge is 2.03. The molecule has 0 bridgehead atoms. The number of carbonyl (C=O) groups is 1. The summed E-state index contributed by atoms with van der Waals surface area (Å²) in [4.78, 5) is 10.6. The molecule has 1 N–H and O–H groups in total. The van der Waals surface area contributed by atoms with Crippen LogP contribution in [0.25, 0.3) is 6.08 Å². The highest BCUT2D eigenvalue weighted by molar-refractivity contribution is 5.73. The van der Waals surface area contributed by atoms with Crippen molar-refractivity contribution in [3.63, 3.8) is 0 Å². The highest BCUT2D eigenvalue weighted by Crippen LogP contribution is 2.13. The molecule has 0 aromatic heterocycles. The van der Waals surface area contributed by atoms with Crippen LogP contribution in [0.5, 0.6) is 0 Å². The van der Waals surface area contributed by atoms with E-state index in [1.54, 1.807) is 24.3 Å². The van der Waals surface area contributed by atoms with Crippen LogP contribution in [0, 0.1) is 17.1 Å². The van der Waals surface area contributed by atoms with E-state index in [2.05, 4.69) is 5.32 Å². The summed E-state index contributed by atoms with van der Waals surface area (Å²) < 4.78 is 13.2. The first-order chi connectivity index (χ1) is 7.65. The van der Waals surface area contributed by atoms with Gasteiger partial charge in [-0.2, -0.15) is 5.26 Å². The number of rotatable bonds is 3. The van der Waals surface area contributed by atoms with E-state index in [1.165, 1.54) is 19.1 Å². The van der Waals surface area contributed by atoms with E-state index < -0.39 is 5.82 Å². The Balaban J connectivity index is 2.78. The fraction of sp³-hybridized carbons (Fsp3) is 0.167. The van der Waals surface area contributed by atoms with E-state index in [-0.39, 0.29) is 11.5 Å². The Hall–Kier alpha value is -2.15. The van der Waals surface area contributed by atoms with Gasteiger partial charge in [-0.3, -0.25) is 4.79 Å². The molecule has 82 valence electrons. The van der Waals surface area contributed by atoms with Gasteiger partial charge < -0.3 is 5.32 Å². The topological polar surface area (TPSA) is 52.9 Å². The molecule has 4 heteroatoms. The molecule has 0 aliphatic heterocycles. The zero-order valence-corrected chi connectivity index (χ0v) is 8.83. The first-order valence-corrected chi connectivity index (χ1v) is 4.74. The van der Waals surface area contributed by atoms with Crippen LogP contribution in [0.2, 0.25) is 0 Å². The van der Waals surface area contributed by atoms with E-state index in [0.29, 0.717) is 12.1 Å². The monoisotopic (exact) mass is 218 g/mol. The van der Waals surface area contributed by atoms with Crippen LogP contribution in [0.3, 0.4) is 0 Å². The molecule has 0 saturated carbocycles. The molecule has 1 aromatic carbocycles. The quantitative estimate of drug-likeness (QED) is 0.841. The number of hydrogen-bond acceptors (Lipinski definition) is 2. The van der Waals surface area contributed by atoms with Crippen molar-refractivity contribution in [1.82, 2.24) is 5.32 Å². The highest BCUT2D eigenvalue weighted by atomic mass is 19.1.